The van der Waals surface area contributed by atoms with E-state index in [-0.39, 0.29) is 19.0 Å². The first-order valence-corrected chi connectivity index (χ1v) is 7.06. The van der Waals surface area contributed by atoms with Gasteiger partial charge < -0.3 is 20.6 Å². The number of likely N-dealkylation sites (tertiary alicyclic amines) is 1. The minimum absolute atomic E-state index is 0.0358. The summed E-state index contributed by atoms with van der Waals surface area (Å²) in [5.41, 5.74) is -0.809. The molecule has 0 aromatic carbocycles. The second-order valence-electron chi connectivity index (χ2n) is 5.56. The Morgan fingerprint density at radius 1 is 1.05 bits per heavy atom. The third-order valence-electron chi connectivity index (χ3n) is 4.21. The molecule has 112 valence electrons. The van der Waals surface area contributed by atoms with Crippen molar-refractivity contribution in [3.63, 3.8) is 0 Å². The summed E-state index contributed by atoms with van der Waals surface area (Å²) in [5.74, 6) is -0.952. The van der Waals surface area contributed by atoms with Crippen molar-refractivity contribution in [2.24, 2.45) is 5.41 Å². The van der Waals surface area contributed by atoms with E-state index in [0.717, 1.165) is 32.4 Å². The first-order valence-electron chi connectivity index (χ1n) is 7.06. The van der Waals surface area contributed by atoms with Crippen LogP contribution in [0.3, 0.4) is 0 Å². The normalized spacial score (nSPS) is 20.1. The van der Waals surface area contributed by atoms with E-state index in [1.54, 1.807) is 4.90 Å². The van der Waals surface area contributed by atoms with Crippen molar-refractivity contribution in [1.82, 2.24) is 15.5 Å². The van der Waals surface area contributed by atoms with E-state index in [0.29, 0.717) is 12.8 Å². The Hall–Kier alpha value is -1.79. The van der Waals surface area contributed by atoms with E-state index in [9.17, 15) is 14.4 Å². The smallest absolute Gasteiger partial charge is 0.315 e. The summed E-state index contributed by atoms with van der Waals surface area (Å²) >= 11 is 0. The van der Waals surface area contributed by atoms with Crippen molar-refractivity contribution < 1.29 is 19.5 Å². The van der Waals surface area contributed by atoms with Gasteiger partial charge in [-0.2, -0.15) is 0 Å². The molecule has 0 unspecified atom stereocenters. The molecule has 0 aromatic heterocycles. The number of nitrogens with one attached hydrogen (secondary N) is 2. The van der Waals surface area contributed by atoms with Crippen LogP contribution in [0.1, 0.15) is 32.1 Å². The van der Waals surface area contributed by atoms with E-state index in [2.05, 4.69) is 10.6 Å². The first-order chi connectivity index (χ1) is 9.53. The number of nitrogens with zero attached hydrogens (tertiary/aromatic N) is 1. The van der Waals surface area contributed by atoms with Crippen LogP contribution in [0.2, 0.25) is 0 Å². The van der Waals surface area contributed by atoms with Crippen LogP contribution < -0.4 is 10.6 Å². The van der Waals surface area contributed by atoms with Gasteiger partial charge in [-0.15, -0.1) is 0 Å². The van der Waals surface area contributed by atoms with Crippen molar-refractivity contribution >= 4 is 17.9 Å². The van der Waals surface area contributed by atoms with Crippen molar-refractivity contribution in [2.75, 3.05) is 26.2 Å². The van der Waals surface area contributed by atoms with E-state index >= 15 is 0 Å². The molecule has 0 radical (unpaired) electrons. The Kier molecular flexibility index (Phi) is 4.46. The number of carbonyl (C=O) groups excluding carboxylic acids is 2. The largest absolute Gasteiger partial charge is 0.481 e. The average Bonchev–Trinajstić information content (AvgIpc) is 2.88. The van der Waals surface area contributed by atoms with E-state index in [4.69, 9.17) is 5.11 Å². The number of amides is 3. The number of aliphatic carboxylic acids is 1. The molecule has 0 spiro atoms. The third kappa shape index (κ3) is 3.20. The summed E-state index contributed by atoms with van der Waals surface area (Å²) < 4.78 is 0. The van der Waals surface area contributed by atoms with Crippen molar-refractivity contribution in [2.45, 2.75) is 32.1 Å². The second-order valence-corrected chi connectivity index (χ2v) is 5.56. The van der Waals surface area contributed by atoms with Gasteiger partial charge in [0.1, 0.15) is 0 Å². The maximum atomic E-state index is 11.7. The van der Waals surface area contributed by atoms with Crippen molar-refractivity contribution in [1.29, 1.82) is 0 Å². The van der Waals surface area contributed by atoms with Gasteiger partial charge in [0.25, 0.3) is 0 Å². The van der Waals surface area contributed by atoms with Crippen LogP contribution in [0.4, 0.5) is 4.79 Å². The Morgan fingerprint density at radius 2 is 1.70 bits per heavy atom. The fourth-order valence-electron chi connectivity index (χ4n) is 2.62. The van der Waals surface area contributed by atoms with Gasteiger partial charge >= 0.3 is 12.0 Å². The number of carboxylic acid groups (broad SMARTS) is 1. The maximum Gasteiger partial charge on any atom is 0.315 e. The van der Waals surface area contributed by atoms with Gasteiger partial charge in [0.15, 0.2) is 0 Å². The van der Waals surface area contributed by atoms with Crippen LogP contribution in [0.5, 0.6) is 0 Å². The molecular weight excluding hydrogens is 262 g/mol. The zero-order valence-electron chi connectivity index (χ0n) is 11.5. The van der Waals surface area contributed by atoms with E-state index < -0.39 is 17.4 Å². The number of urea groups is 1. The number of rotatable bonds is 5. The molecule has 3 amide bonds. The Bertz CT molecular complexity index is 400. The third-order valence-corrected chi connectivity index (χ3v) is 4.21. The monoisotopic (exact) mass is 283 g/mol. The molecule has 0 atom stereocenters. The van der Waals surface area contributed by atoms with Gasteiger partial charge in [0.05, 0.1) is 12.0 Å². The topological polar surface area (TPSA) is 98.7 Å². The molecule has 20 heavy (non-hydrogen) atoms. The molecule has 0 bridgehead atoms. The highest BCUT2D eigenvalue weighted by Gasteiger charge is 2.44. The molecule has 7 nitrogen and oxygen atoms in total. The van der Waals surface area contributed by atoms with Crippen LogP contribution in [0, 0.1) is 5.41 Å². The van der Waals surface area contributed by atoms with Gasteiger partial charge in [0.2, 0.25) is 5.91 Å². The van der Waals surface area contributed by atoms with Crippen LogP contribution in [0.25, 0.3) is 0 Å². The van der Waals surface area contributed by atoms with Crippen LogP contribution >= 0.6 is 0 Å². The lowest BCUT2D eigenvalue weighted by atomic mass is 9.69. The summed E-state index contributed by atoms with van der Waals surface area (Å²) in [6.45, 7) is 1.59. The number of hydrogen-bond donors (Lipinski definition) is 3. The minimum atomic E-state index is -0.864. The predicted molar refractivity (Wildman–Crippen MR) is 71.1 cm³/mol. The highest BCUT2D eigenvalue weighted by Crippen LogP contribution is 2.40. The van der Waals surface area contributed by atoms with Gasteiger partial charge in [-0.1, -0.05) is 6.42 Å². The molecule has 1 aliphatic heterocycles. The van der Waals surface area contributed by atoms with Crippen LogP contribution in [-0.2, 0) is 9.59 Å². The zero-order chi connectivity index (χ0) is 14.6. The van der Waals surface area contributed by atoms with Gasteiger partial charge in [-0.3, -0.25) is 9.59 Å². The second kappa shape index (κ2) is 6.11. The summed E-state index contributed by atoms with van der Waals surface area (Å²) in [6, 6.07) is -0.481. The standard InChI is InChI=1S/C13H21N3O4/c17-10(16-6-1-2-7-16)8-14-12(20)15-9-13(11(18)19)4-3-5-13/h1-9H2,(H,18,19)(H2,14,15,20). The molecule has 1 aliphatic carbocycles. The minimum Gasteiger partial charge on any atom is -0.481 e. The first kappa shape index (κ1) is 14.6. The Labute approximate surface area is 117 Å². The predicted octanol–water partition coefficient (Wildman–Crippen LogP) is 0.163. The molecule has 2 aliphatic rings. The molecule has 2 fully saturated rings. The highest BCUT2D eigenvalue weighted by molar-refractivity contribution is 5.84. The van der Waals surface area contributed by atoms with Crippen molar-refractivity contribution in [3.8, 4) is 0 Å². The Balaban J connectivity index is 1.67. The molecule has 0 aromatic rings. The lowest BCUT2D eigenvalue weighted by Gasteiger charge is -2.37. The lowest BCUT2D eigenvalue weighted by molar-refractivity contribution is -0.153. The van der Waals surface area contributed by atoms with Gasteiger partial charge in [-0.25, -0.2) is 4.79 Å². The number of carbonyl (C=O) groups is 3. The fourth-order valence-corrected chi connectivity index (χ4v) is 2.62. The molecule has 1 saturated carbocycles. The van der Waals surface area contributed by atoms with Gasteiger partial charge in [0, 0.05) is 19.6 Å². The lowest BCUT2D eigenvalue weighted by Crippen LogP contribution is -2.50. The average molecular weight is 283 g/mol. The molecular formula is C13H21N3O4. The molecule has 2 rings (SSSR count). The molecule has 7 heteroatoms. The van der Waals surface area contributed by atoms with Crippen molar-refractivity contribution in [3.05, 3.63) is 0 Å². The molecule has 1 heterocycles. The van der Waals surface area contributed by atoms with E-state index in [1.807, 2.05) is 0 Å². The summed E-state index contributed by atoms with van der Waals surface area (Å²) in [5, 5.41) is 14.2. The van der Waals surface area contributed by atoms with Crippen LogP contribution in [0.15, 0.2) is 0 Å². The fraction of sp³-hybridized carbons (Fsp3) is 0.769. The SMILES string of the molecule is O=C(NCC(=O)N1CCCC1)NCC1(C(=O)O)CCC1. The van der Waals surface area contributed by atoms with Crippen LogP contribution in [-0.4, -0.2) is 54.1 Å². The summed E-state index contributed by atoms with van der Waals surface area (Å²) in [4.78, 5) is 36.2. The number of hydrogen-bond acceptors (Lipinski definition) is 3. The summed E-state index contributed by atoms with van der Waals surface area (Å²) in [6.07, 6.45) is 4.09. The summed E-state index contributed by atoms with van der Waals surface area (Å²) in [7, 11) is 0. The quantitative estimate of drug-likeness (QED) is 0.669. The maximum absolute atomic E-state index is 11.7. The molecule has 3 N–H and O–H groups in total. The van der Waals surface area contributed by atoms with E-state index in [1.165, 1.54) is 0 Å². The Morgan fingerprint density at radius 3 is 2.20 bits per heavy atom. The number of carboxylic acids is 1. The zero-order valence-corrected chi connectivity index (χ0v) is 11.5. The highest BCUT2D eigenvalue weighted by atomic mass is 16.4. The molecule has 1 saturated heterocycles. The van der Waals surface area contributed by atoms with Gasteiger partial charge in [-0.05, 0) is 25.7 Å².